The molecule has 2 atom stereocenters. The third kappa shape index (κ3) is 4.25. The Hall–Kier alpha value is -3.02. The van der Waals surface area contributed by atoms with Gasteiger partial charge in [-0.2, -0.15) is 23.3 Å². The van der Waals surface area contributed by atoms with Crippen molar-refractivity contribution in [2.75, 3.05) is 5.32 Å². The predicted octanol–water partition coefficient (Wildman–Crippen LogP) is 5.16. The highest BCUT2D eigenvalue weighted by Crippen LogP contribution is 2.48. The second-order valence-electron chi connectivity index (χ2n) is 10.8. The van der Waals surface area contributed by atoms with Crippen LogP contribution in [0.5, 0.6) is 5.75 Å². The van der Waals surface area contributed by atoms with Gasteiger partial charge in [-0.05, 0) is 63.9 Å². The molecule has 5 rings (SSSR count). The Morgan fingerprint density at radius 2 is 1.72 bits per heavy atom. The number of phenols is 1. The van der Waals surface area contributed by atoms with E-state index in [1.165, 1.54) is 17.9 Å². The third-order valence-electron chi connectivity index (χ3n) is 7.33. The van der Waals surface area contributed by atoms with Crippen LogP contribution in [0.15, 0.2) is 12.3 Å². The van der Waals surface area contributed by atoms with Crippen LogP contribution in [0.4, 0.5) is 27.9 Å². The van der Waals surface area contributed by atoms with Crippen molar-refractivity contribution in [2.45, 2.75) is 63.3 Å². The van der Waals surface area contributed by atoms with Crippen molar-refractivity contribution in [3.8, 4) is 17.0 Å². The maximum absolute atomic E-state index is 14.7. The largest absolute Gasteiger partial charge is 0.503 e. The maximum atomic E-state index is 14.7. The summed E-state index contributed by atoms with van der Waals surface area (Å²) in [5, 5.41) is 27.8. The molecule has 0 saturated heterocycles. The molecule has 2 aromatic heterocycles. The van der Waals surface area contributed by atoms with Crippen LogP contribution in [0.2, 0.25) is 0 Å². The first-order chi connectivity index (χ1) is 16.7. The van der Waals surface area contributed by atoms with Gasteiger partial charge in [-0.1, -0.05) is 0 Å². The van der Waals surface area contributed by atoms with Crippen LogP contribution in [0.25, 0.3) is 22.3 Å². The van der Waals surface area contributed by atoms with Crippen molar-refractivity contribution in [1.82, 2.24) is 19.7 Å². The Balaban J connectivity index is 1.50. The van der Waals surface area contributed by atoms with E-state index in [1.54, 1.807) is 0 Å². The second-order valence-corrected chi connectivity index (χ2v) is 10.8. The molecule has 2 aliphatic carbocycles. The summed E-state index contributed by atoms with van der Waals surface area (Å²) in [5.41, 5.74) is -3.53. The molecule has 2 heterocycles. The van der Waals surface area contributed by atoms with Gasteiger partial charge in [0.25, 0.3) is 0 Å². The smallest absolute Gasteiger partial charge is 0.419 e. The molecule has 0 amide bonds. The van der Waals surface area contributed by atoms with Crippen LogP contribution in [0, 0.1) is 23.5 Å². The summed E-state index contributed by atoms with van der Waals surface area (Å²) in [6.45, 7) is 3.95. The van der Waals surface area contributed by atoms with Crippen LogP contribution in [0.1, 0.15) is 51.5 Å². The first-order valence-electron chi connectivity index (χ1n) is 11.6. The number of benzene rings is 1. The molecule has 3 N–H and O–H groups in total. The SMILES string of the molecule is Cn1nc(-c2cc(C(F)(F)F)c(F)c(O)c2F)c2cnc(NC3(C)CC4CC(CC(C)(O)C4)C3)nc21. The molecule has 7 nitrogen and oxygen atoms in total. The first-order valence-corrected chi connectivity index (χ1v) is 11.6. The zero-order chi connectivity index (χ0) is 26.2. The van der Waals surface area contributed by atoms with E-state index in [0.29, 0.717) is 11.8 Å². The second kappa shape index (κ2) is 7.99. The van der Waals surface area contributed by atoms with Crippen molar-refractivity contribution in [3.05, 3.63) is 29.5 Å². The van der Waals surface area contributed by atoms with E-state index in [4.69, 9.17) is 0 Å². The average molecular weight is 511 g/mol. The molecule has 3 aromatic rings. The molecular weight excluding hydrogens is 485 g/mol. The zero-order valence-electron chi connectivity index (χ0n) is 19.9. The molecule has 1 aromatic carbocycles. The Bertz CT molecular complexity index is 1340. The highest BCUT2D eigenvalue weighted by Gasteiger charge is 2.45. The van der Waals surface area contributed by atoms with Crippen molar-refractivity contribution < 1.29 is 32.2 Å². The molecule has 36 heavy (non-hydrogen) atoms. The summed E-state index contributed by atoms with van der Waals surface area (Å²) in [6, 6.07) is 0.287. The van der Waals surface area contributed by atoms with E-state index in [2.05, 4.69) is 27.3 Å². The lowest BCUT2D eigenvalue weighted by molar-refractivity contribution is -0.140. The summed E-state index contributed by atoms with van der Waals surface area (Å²) < 4.78 is 69.7. The normalized spacial score (nSPS) is 28.5. The van der Waals surface area contributed by atoms with Gasteiger partial charge >= 0.3 is 6.18 Å². The standard InChI is InChI=1S/C24H26F5N5O2/c1-22(6-11-4-12(7-22)9-23(2,36)8-11)32-21-30-10-14-18(33-34(3)20(14)31-21)13-5-15(24(27,28)29)17(26)19(35)16(13)25/h5,10-12,35-36H,4,6-9H2,1-3H3,(H,30,31,32). The average Bonchev–Trinajstić information content (AvgIpc) is 3.05. The molecule has 0 radical (unpaired) electrons. The van der Waals surface area contributed by atoms with Crippen LogP contribution in [-0.2, 0) is 13.2 Å². The van der Waals surface area contributed by atoms with Crippen LogP contribution < -0.4 is 5.32 Å². The van der Waals surface area contributed by atoms with Gasteiger partial charge in [0, 0.05) is 24.3 Å². The number of aryl methyl sites for hydroxylation is 1. The van der Waals surface area contributed by atoms with Crippen molar-refractivity contribution in [1.29, 1.82) is 0 Å². The molecule has 2 fully saturated rings. The van der Waals surface area contributed by atoms with E-state index in [1.807, 2.05) is 6.92 Å². The fourth-order valence-electron chi connectivity index (χ4n) is 6.30. The van der Waals surface area contributed by atoms with Crippen LogP contribution in [-0.4, -0.2) is 41.1 Å². The van der Waals surface area contributed by atoms with Gasteiger partial charge < -0.3 is 15.5 Å². The summed E-state index contributed by atoms with van der Waals surface area (Å²) in [6.07, 6.45) is 0.315. The van der Waals surface area contributed by atoms with Crippen molar-refractivity contribution in [2.24, 2.45) is 18.9 Å². The molecule has 12 heteroatoms. The molecule has 0 spiro atoms. The number of anilines is 1. The van der Waals surface area contributed by atoms with Crippen molar-refractivity contribution in [3.63, 3.8) is 0 Å². The minimum absolute atomic E-state index is 0.141. The number of nitrogens with zero attached hydrogens (tertiary/aromatic N) is 4. The van der Waals surface area contributed by atoms with Crippen LogP contribution in [0.3, 0.4) is 0 Å². The topological polar surface area (TPSA) is 96.1 Å². The monoisotopic (exact) mass is 511 g/mol. The number of phenolic OH excluding ortho intramolecular Hbond substituents is 1. The van der Waals surface area contributed by atoms with Gasteiger partial charge in [0.2, 0.25) is 5.95 Å². The van der Waals surface area contributed by atoms with E-state index < -0.39 is 40.3 Å². The number of aromatic nitrogens is 4. The number of alkyl halides is 3. The Morgan fingerprint density at radius 1 is 1.08 bits per heavy atom. The zero-order valence-corrected chi connectivity index (χ0v) is 19.9. The number of fused-ring (bicyclic) bond motifs is 3. The molecule has 2 aliphatic rings. The quantitative estimate of drug-likeness (QED) is 0.420. The van der Waals surface area contributed by atoms with Gasteiger partial charge in [-0.15, -0.1) is 0 Å². The number of hydrogen-bond donors (Lipinski definition) is 3. The molecular formula is C24H26F5N5O2. The number of aromatic hydroxyl groups is 1. The lowest BCUT2D eigenvalue weighted by Crippen LogP contribution is -2.49. The number of hydrogen-bond acceptors (Lipinski definition) is 6. The van der Waals surface area contributed by atoms with Gasteiger partial charge in [0.05, 0.1) is 16.6 Å². The minimum atomic E-state index is -5.15. The van der Waals surface area contributed by atoms with E-state index in [9.17, 15) is 32.2 Å². The number of nitrogens with one attached hydrogen (secondary N) is 1. The van der Waals surface area contributed by atoms with E-state index >= 15 is 0 Å². The fraction of sp³-hybridized carbons (Fsp3) is 0.542. The van der Waals surface area contributed by atoms with E-state index in [0.717, 1.165) is 32.1 Å². The van der Waals surface area contributed by atoms with Gasteiger partial charge in [-0.25, -0.2) is 18.4 Å². The summed E-state index contributed by atoms with van der Waals surface area (Å²) >= 11 is 0. The van der Waals surface area contributed by atoms with Crippen molar-refractivity contribution >= 4 is 17.0 Å². The summed E-state index contributed by atoms with van der Waals surface area (Å²) in [4.78, 5) is 8.77. The van der Waals surface area contributed by atoms with Gasteiger partial charge in [0.15, 0.2) is 23.0 Å². The Kier molecular flexibility index (Phi) is 5.47. The number of aliphatic hydroxyl groups is 1. The van der Waals surface area contributed by atoms with E-state index in [-0.39, 0.29) is 34.3 Å². The summed E-state index contributed by atoms with van der Waals surface area (Å²) in [5.74, 6) is -4.38. The van der Waals surface area contributed by atoms with Gasteiger partial charge in [-0.3, -0.25) is 0 Å². The Labute approximate surface area is 203 Å². The lowest BCUT2D eigenvalue weighted by Gasteiger charge is -2.49. The molecule has 2 saturated carbocycles. The molecule has 2 unspecified atom stereocenters. The molecule has 2 bridgehead atoms. The lowest BCUT2D eigenvalue weighted by atomic mass is 9.61. The maximum Gasteiger partial charge on any atom is 0.419 e. The predicted molar refractivity (Wildman–Crippen MR) is 121 cm³/mol. The number of halogens is 5. The highest BCUT2D eigenvalue weighted by molar-refractivity contribution is 5.91. The van der Waals surface area contributed by atoms with Gasteiger partial charge in [0.1, 0.15) is 5.69 Å². The summed E-state index contributed by atoms with van der Waals surface area (Å²) in [7, 11) is 1.49. The third-order valence-corrected chi connectivity index (χ3v) is 7.33. The van der Waals surface area contributed by atoms with Crippen LogP contribution >= 0.6 is 0 Å². The fourth-order valence-corrected chi connectivity index (χ4v) is 6.30. The molecule has 0 aliphatic heterocycles. The first kappa shape index (κ1) is 24.7. The molecule has 194 valence electrons. The minimum Gasteiger partial charge on any atom is -0.503 e. The number of rotatable bonds is 3. The Morgan fingerprint density at radius 3 is 2.33 bits per heavy atom. The highest BCUT2D eigenvalue weighted by atomic mass is 19.4.